The van der Waals surface area contributed by atoms with Crippen LogP contribution in [-0.4, -0.2) is 9.55 Å². The number of nitrogens with zero attached hydrogens (tertiary/aromatic N) is 2. The van der Waals surface area contributed by atoms with Crippen molar-refractivity contribution in [2.24, 2.45) is 7.05 Å². The van der Waals surface area contributed by atoms with Crippen molar-refractivity contribution in [3.8, 4) is 0 Å². The van der Waals surface area contributed by atoms with E-state index in [1.54, 1.807) is 12.2 Å². The molecule has 98 valence electrons. The fourth-order valence-corrected chi connectivity index (χ4v) is 1.36. The third kappa shape index (κ3) is 3.35. The molecule has 0 aromatic carbocycles. The van der Waals surface area contributed by atoms with Crippen LogP contribution in [0.4, 0.5) is 13.2 Å². The molecule has 1 aromatic heterocycles. The van der Waals surface area contributed by atoms with Crippen molar-refractivity contribution >= 4 is 5.57 Å². The molecule has 0 aliphatic carbocycles. The smallest absolute Gasteiger partial charge is 0.333 e. The van der Waals surface area contributed by atoms with Crippen LogP contribution in [0.25, 0.3) is 5.57 Å². The van der Waals surface area contributed by atoms with Crippen LogP contribution in [0.1, 0.15) is 25.4 Å². The molecule has 0 unspecified atom stereocenters. The third-order valence-corrected chi connectivity index (χ3v) is 2.24. The number of imidazole rings is 1. The predicted molar refractivity (Wildman–Crippen MR) is 65.8 cm³/mol. The number of alkyl halides is 3. The maximum atomic E-state index is 12.5. The molecule has 2 nitrogen and oxygen atoms in total. The zero-order valence-corrected chi connectivity index (χ0v) is 10.5. The molecule has 1 rings (SSSR count). The van der Waals surface area contributed by atoms with E-state index in [1.807, 2.05) is 13.8 Å². The van der Waals surface area contributed by atoms with Gasteiger partial charge >= 0.3 is 6.18 Å². The first-order valence-electron chi connectivity index (χ1n) is 5.34. The van der Waals surface area contributed by atoms with Gasteiger partial charge in [0.25, 0.3) is 0 Å². The highest BCUT2D eigenvalue weighted by Gasteiger charge is 2.34. The van der Waals surface area contributed by atoms with Crippen LogP contribution in [0.5, 0.6) is 0 Å². The lowest BCUT2D eigenvalue weighted by atomic mass is 10.2. The zero-order valence-electron chi connectivity index (χ0n) is 10.5. The van der Waals surface area contributed by atoms with Crippen LogP contribution in [0, 0.1) is 0 Å². The first-order valence-corrected chi connectivity index (χ1v) is 5.34. The number of rotatable bonds is 3. The van der Waals surface area contributed by atoms with E-state index in [-0.39, 0.29) is 5.82 Å². The third-order valence-electron chi connectivity index (χ3n) is 2.24. The van der Waals surface area contributed by atoms with E-state index < -0.39 is 11.9 Å². The van der Waals surface area contributed by atoms with E-state index >= 15 is 0 Å². The minimum atomic E-state index is -4.43. The molecule has 0 saturated heterocycles. The molecule has 0 saturated carbocycles. The van der Waals surface area contributed by atoms with Gasteiger partial charge in [0, 0.05) is 18.8 Å². The standard InChI is InChI=1S/C13H15F3N2/c1-5-10(7-6-9(2)3)12-17-11(8-18(12)4)13(14,15)16/h5-8H,1H2,2-4H3/b10-7+. The topological polar surface area (TPSA) is 17.8 Å². The summed E-state index contributed by atoms with van der Waals surface area (Å²) in [5, 5.41) is 0. The Morgan fingerprint density at radius 3 is 2.33 bits per heavy atom. The number of aryl methyl sites for hydroxylation is 1. The Labute approximate surface area is 104 Å². The highest BCUT2D eigenvalue weighted by molar-refractivity contribution is 5.71. The molecular weight excluding hydrogens is 241 g/mol. The van der Waals surface area contributed by atoms with Gasteiger partial charge in [0.05, 0.1) is 0 Å². The summed E-state index contributed by atoms with van der Waals surface area (Å²) in [6.45, 7) is 7.39. The van der Waals surface area contributed by atoms with E-state index in [9.17, 15) is 13.2 Å². The lowest BCUT2D eigenvalue weighted by Crippen LogP contribution is -2.05. The van der Waals surface area contributed by atoms with Gasteiger partial charge in [0.15, 0.2) is 5.69 Å². The van der Waals surface area contributed by atoms with Crippen molar-refractivity contribution in [2.75, 3.05) is 0 Å². The summed E-state index contributed by atoms with van der Waals surface area (Å²) in [7, 11) is 1.53. The summed E-state index contributed by atoms with van der Waals surface area (Å²) >= 11 is 0. The van der Waals surface area contributed by atoms with Crippen LogP contribution >= 0.6 is 0 Å². The quantitative estimate of drug-likeness (QED) is 0.748. The van der Waals surface area contributed by atoms with Gasteiger partial charge in [-0.2, -0.15) is 13.2 Å². The van der Waals surface area contributed by atoms with Gasteiger partial charge in [-0.15, -0.1) is 0 Å². The fraction of sp³-hybridized carbons (Fsp3) is 0.308. The minimum absolute atomic E-state index is 0.245. The van der Waals surface area contributed by atoms with Crippen molar-refractivity contribution in [1.82, 2.24) is 9.55 Å². The molecule has 1 aromatic rings. The second-order valence-electron chi connectivity index (χ2n) is 4.13. The highest BCUT2D eigenvalue weighted by Crippen LogP contribution is 2.29. The van der Waals surface area contributed by atoms with E-state index in [1.165, 1.54) is 17.7 Å². The molecular formula is C13H15F3N2. The van der Waals surface area contributed by atoms with Crippen molar-refractivity contribution in [3.63, 3.8) is 0 Å². The maximum absolute atomic E-state index is 12.5. The normalized spacial score (nSPS) is 12.4. The summed E-state index contributed by atoms with van der Waals surface area (Å²) in [6.07, 6.45) is 1.53. The summed E-state index contributed by atoms with van der Waals surface area (Å²) in [5.74, 6) is 0.245. The lowest BCUT2D eigenvalue weighted by molar-refractivity contribution is -0.141. The maximum Gasteiger partial charge on any atom is 0.434 e. The fourth-order valence-electron chi connectivity index (χ4n) is 1.36. The first kappa shape index (κ1) is 14.3. The molecule has 0 amide bonds. The minimum Gasteiger partial charge on any atom is -0.333 e. The second-order valence-corrected chi connectivity index (χ2v) is 4.13. The average Bonchev–Trinajstić information content (AvgIpc) is 2.61. The van der Waals surface area contributed by atoms with Gasteiger partial charge < -0.3 is 4.57 Å². The van der Waals surface area contributed by atoms with Gasteiger partial charge in [0.1, 0.15) is 5.82 Å². The van der Waals surface area contributed by atoms with Gasteiger partial charge in [-0.1, -0.05) is 30.4 Å². The molecule has 1 heterocycles. The Hall–Kier alpha value is -1.78. The average molecular weight is 256 g/mol. The molecule has 0 atom stereocenters. The lowest BCUT2D eigenvalue weighted by Gasteiger charge is -2.01. The van der Waals surface area contributed by atoms with Crippen LogP contribution in [0.3, 0.4) is 0 Å². The number of halogens is 3. The first-order chi connectivity index (χ1) is 8.25. The number of hydrogen-bond donors (Lipinski definition) is 0. The SMILES string of the molecule is C=C/C(=C\C=C(C)C)c1nc(C(F)(F)F)cn1C. The summed E-state index contributed by atoms with van der Waals surface area (Å²) < 4.78 is 38.9. The van der Waals surface area contributed by atoms with E-state index in [0.29, 0.717) is 5.57 Å². The molecule has 0 spiro atoms. The van der Waals surface area contributed by atoms with Crippen LogP contribution in [-0.2, 0) is 13.2 Å². The summed E-state index contributed by atoms with van der Waals surface area (Å²) in [5.41, 5.74) is 0.693. The number of hydrogen-bond acceptors (Lipinski definition) is 1. The predicted octanol–water partition coefficient (Wildman–Crippen LogP) is 3.97. The van der Waals surface area contributed by atoms with Crippen LogP contribution in [0.2, 0.25) is 0 Å². The zero-order chi connectivity index (χ0) is 13.9. The highest BCUT2D eigenvalue weighted by atomic mass is 19.4. The Balaban J connectivity index is 3.24. The van der Waals surface area contributed by atoms with Gasteiger partial charge in [-0.25, -0.2) is 4.98 Å². The molecule has 0 N–H and O–H groups in total. The van der Waals surface area contributed by atoms with Gasteiger partial charge in [0.2, 0.25) is 0 Å². The van der Waals surface area contributed by atoms with Crippen LogP contribution < -0.4 is 0 Å². The van der Waals surface area contributed by atoms with Crippen molar-refractivity contribution < 1.29 is 13.2 Å². The second kappa shape index (κ2) is 5.25. The van der Waals surface area contributed by atoms with E-state index in [0.717, 1.165) is 11.8 Å². The van der Waals surface area contributed by atoms with Crippen molar-refractivity contribution in [1.29, 1.82) is 0 Å². The van der Waals surface area contributed by atoms with E-state index in [2.05, 4.69) is 11.6 Å². The molecule has 0 aliphatic heterocycles. The largest absolute Gasteiger partial charge is 0.434 e. The van der Waals surface area contributed by atoms with Crippen molar-refractivity contribution in [3.05, 3.63) is 48.1 Å². The molecule has 5 heteroatoms. The Bertz CT molecular complexity index is 501. The Morgan fingerprint density at radius 1 is 1.33 bits per heavy atom. The molecule has 0 aliphatic rings. The van der Waals surface area contributed by atoms with Gasteiger partial charge in [-0.05, 0) is 13.8 Å². The van der Waals surface area contributed by atoms with Crippen molar-refractivity contribution in [2.45, 2.75) is 20.0 Å². The number of allylic oxidation sites excluding steroid dienone is 5. The molecule has 0 fully saturated rings. The Morgan fingerprint density at radius 2 is 1.94 bits per heavy atom. The monoisotopic (exact) mass is 256 g/mol. The molecule has 18 heavy (non-hydrogen) atoms. The molecule has 0 bridgehead atoms. The summed E-state index contributed by atoms with van der Waals surface area (Å²) in [6, 6.07) is 0. The summed E-state index contributed by atoms with van der Waals surface area (Å²) in [4.78, 5) is 3.60. The van der Waals surface area contributed by atoms with Gasteiger partial charge in [-0.3, -0.25) is 0 Å². The van der Waals surface area contributed by atoms with E-state index in [4.69, 9.17) is 0 Å². The number of aromatic nitrogens is 2. The Kier molecular flexibility index (Phi) is 4.16. The molecule has 0 radical (unpaired) electrons. The van der Waals surface area contributed by atoms with Crippen LogP contribution in [0.15, 0.2) is 36.6 Å².